The van der Waals surface area contributed by atoms with E-state index in [0.717, 1.165) is 86.9 Å². The first-order chi connectivity index (χ1) is 25.8. The number of hydrogen-bond donors (Lipinski definition) is 2. The Kier molecular flexibility index (Phi) is 510. The molecular formula is C44H73N4O5PY49. The van der Waals surface area contributed by atoms with E-state index in [1.165, 1.54) is 82.3 Å². The van der Waals surface area contributed by atoms with E-state index in [2.05, 4.69) is 50.7 Å². The molecule has 6 aliphatic carbocycles. The van der Waals surface area contributed by atoms with Gasteiger partial charge in [-0.05, 0) is 148 Å². The number of aryl methyl sites for hydroxylation is 1. The van der Waals surface area contributed by atoms with Crippen LogP contribution in [0.15, 0.2) is 11.6 Å². The number of fused-ring (bicyclic) bond motifs is 7. The van der Waals surface area contributed by atoms with Crippen molar-refractivity contribution >= 4 is 13.7 Å². The third kappa shape index (κ3) is 119. The standard InChI is InChI=1S/C44H73N4O5P.49Y/c1-29(2)12-11-13-30(3)37-17-18-38-34-15-14-31-26-32(20-22-43(31,4)39(34)21-23-44(37,38)5)48-41-27-35-33(16-19-40(41)46-47-48)36(35)28-52-42(49)45-24-9-7-8-10-25-53-54(6,50)51;;;;;;;;;;;;;;;;;;;;;;;;;;;;;;;;;;;;;;;;;;;;;;;;;/h14,29-30,32-39H,7-13,15-28H2,1-6H3,(H,45,49)(H,50,51);;;;;;;;;;;;;;;;;;;;;;;;;;;;;;;;;;;;;;;;;;;;;;;;;/t30?,32-,33-,34-,35+,36-,37?,38-,39-,43-,44+;;;;;;;;;;;;;;;;;;;;;;;;;;;;;;;;;;;;;;;;;;;;;;;;;/m0................................................./s1. The molecule has 7 rings (SSSR count). The Balaban J connectivity index is -0.0000000179. The second-order valence-corrected chi connectivity index (χ2v) is 21.8. The van der Waals surface area contributed by atoms with Crippen LogP contribution in [-0.4, -0.2) is 52.4 Å². The minimum absolute atomic E-state index is 0. The largest absolute Gasteiger partial charge is 0.449 e. The molecule has 59 heteroatoms. The summed E-state index contributed by atoms with van der Waals surface area (Å²) >= 11 is 0. The Morgan fingerprint density at radius 2 is 0.951 bits per heavy atom. The number of carbonyl (C=O) groups is 1. The van der Waals surface area contributed by atoms with Crippen molar-refractivity contribution in [3.8, 4) is 0 Å². The topological polar surface area (TPSA) is 116 Å². The van der Waals surface area contributed by atoms with Gasteiger partial charge in [-0.1, -0.05) is 83.6 Å². The number of allylic oxidation sites excluding steroid dienone is 2. The van der Waals surface area contributed by atoms with Crippen molar-refractivity contribution in [2.75, 3.05) is 26.4 Å². The summed E-state index contributed by atoms with van der Waals surface area (Å²) in [5.41, 5.74) is 5.16. The van der Waals surface area contributed by atoms with Gasteiger partial charge in [0.1, 0.15) is 0 Å². The van der Waals surface area contributed by atoms with Crippen LogP contribution >= 0.6 is 7.60 Å². The summed E-state index contributed by atoms with van der Waals surface area (Å²) in [4.78, 5) is 21.7. The predicted octanol–water partition coefficient (Wildman–Crippen LogP) is 10.2. The Hall–Kier alpha value is 52.4. The van der Waals surface area contributed by atoms with E-state index in [1.807, 2.05) is 0 Å². The molecule has 451 valence electrons. The first-order valence-electron chi connectivity index (χ1n) is 22.3. The molecule has 2 N–H and O–H groups in total. The van der Waals surface area contributed by atoms with E-state index in [4.69, 9.17) is 19.6 Å². The number of nitrogens with zero attached hydrogens (tertiary/aromatic N) is 3. The third-order valence-corrected chi connectivity index (χ3v) is 16.9. The van der Waals surface area contributed by atoms with Crippen LogP contribution in [0.2, 0.25) is 0 Å². The van der Waals surface area contributed by atoms with E-state index in [-0.39, 0.29) is 1610 Å². The molecule has 0 aliphatic heterocycles. The molecule has 4 saturated carbocycles. The number of rotatable bonds is 16. The fourth-order valence-electron chi connectivity index (χ4n) is 13.2. The molecule has 0 aromatic carbocycles. The molecule has 3 unspecified atom stereocenters. The summed E-state index contributed by atoms with van der Waals surface area (Å²) in [7, 11) is -3.39. The molecule has 0 saturated heterocycles. The van der Waals surface area contributed by atoms with Crippen LogP contribution in [0.5, 0.6) is 0 Å². The van der Waals surface area contributed by atoms with Crippen molar-refractivity contribution in [2.45, 2.75) is 156 Å². The van der Waals surface area contributed by atoms with Crippen LogP contribution < -0.4 is 5.32 Å². The number of alkyl carbamates (subject to hydrolysis) is 1. The molecule has 0 bridgehead atoms. The van der Waals surface area contributed by atoms with Crippen LogP contribution in [0.3, 0.4) is 0 Å². The van der Waals surface area contributed by atoms with Crippen molar-refractivity contribution in [1.29, 1.82) is 0 Å². The van der Waals surface area contributed by atoms with Crippen LogP contribution in [0.1, 0.15) is 155 Å². The quantitative estimate of drug-likeness (QED) is 0.0963. The van der Waals surface area contributed by atoms with Crippen molar-refractivity contribution in [2.24, 2.45) is 64.1 Å². The number of carbonyl (C=O) groups excluding carboxylic acids is 1. The molecule has 103 heavy (non-hydrogen) atoms. The van der Waals surface area contributed by atoms with Crippen LogP contribution in [-0.2, 0) is 1630 Å². The Morgan fingerprint density at radius 1 is 0.524 bits per heavy atom. The minimum atomic E-state index is -3.39. The summed E-state index contributed by atoms with van der Waals surface area (Å²) in [5, 5.41) is 12.5. The van der Waals surface area contributed by atoms with Gasteiger partial charge >= 0.3 is 13.7 Å². The average Bonchev–Trinajstić information content (AvgIpc) is 3.49. The molecule has 1 aromatic rings. The van der Waals surface area contributed by atoms with Gasteiger partial charge < -0.3 is 19.5 Å². The fraction of sp³-hybridized carbons (Fsp3) is 0.886. The summed E-state index contributed by atoms with van der Waals surface area (Å²) in [6.07, 6.45) is 23.8. The van der Waals surface area contributed by atoms with Gasteiger partial charge in [0.05, 0.1) is 30.6 Å². The molecule has 0 spiro atoms. The van der Waals surface area contributed by atoms with Crippen LogP contribution in [0.4, 0.5) is 4.79 Å². The smallest absolute Gasteiger partial charge is 0.407 e. The number of nitrogens with one attached hydrogen (secondary N) is 1. The van der Waals surface area contributed by atoms with Gasteiger partial charge in [-0.3, -0.25) is 4.57 Å². The maximum absolute atomic E-state index is 12.5. The Morgan fingerprint density at radius 3 is 1.37 bits per heavy atom. The van der Waals surface area contributed by atoms with Gasteiger partial charge in [0, 0.05) is 1620 Å². The second kappa shape index (κ2) is 179. The number of hydrogen-bond acceptors (Lipinski definition) is 6. The van der Waals surface area contributed by atoms with Gasteiger partial charge in [-0.2, -0.15) is 0 Å². The maximum Gasteiger partial charge on any atom is 0.407 e. The summed E-state index contributed by atoms with van der Waals surface area (Å²) < 4.78 is 24.2. The molecule has 9 nitrogen and oxygen atoms in total. The molecule has 1 amide bonds. The maximum atomic E-state index is 12.5. The van der Waals surface area contributed by atoms with Gasteiger partial charge in [-0.25, -0.2) is 9.48 Å². The van der Waals surface area contributed by atoms with E-state index >= 15 is 0 Å². The van der Waals surface area contributed by atoms with Gasteiger partial charge in [0.2, 0.25) is 0 Å². The second-order valence-electron chi connectivity index (χ2n) is 19.9. The van der Waals surface area contributed by atoms with E-state index < -0.39 is 7.60 Å². The number of amides is 1. The average molecular weight is 5130 g/mol. The third-order valence-electron chi connectivity index (χ3n) is 16.2. The number of ether oxygens (including phenoxy) is 1. The molecule has 4 fully saturated rings. The zero-order valence-corrected chi connectivity index (χ0v) is 203. The molecule has 6 aliphatic rings. The summed E-state index contributed by atoms with van der Waals surface area (Å²) in [5.74, 6) is 6.76. The molecule has 49 radical (unpaired) electrons. The molecular weight excluding hydrogens is 5050 g/mol. The van der Waals surface area contributed by atoms with Crippen molar-refractivity contribution < 1.29 is 1630 Å². The van der Waals surface area contributed by atoms with Crippen molar-refractivity contribution in [3.05, 3.63) is 23.0 Å². The molecule has 1 aromatic heterocycles. The number of aromatic nitrogens is 3. The van der Waals surface area contributed by atoms with Crippen LogP contribution in [0.25, 0.3) is 0 Å². The predicted molar refractivity (Wildman–Crippen MR) is 214 cm³/mol. The zero-order valence-electron chi connectivity index (χ0n) is 62.9. The van der Waals surface area contributed by atoms with Gasteiger partial charge in [0.25, 0.3) is 0 Å². The minimum Gasteiger partial charge on any atom is -0.449 e. The van der Waals surface area contributed by atoms with Crippen LogP contribution in [0, 0.1) is 64.1 Å². The zero-order chi connectivity index (χ0) is 38.3. The summed E-state index contributed by atoms with van der Waals surface area (Å²) in [6.45, 7) is 15.3. The number of unbranched alkanes of at least 4 members (excludes halogenated alkanes) is 3. The van der Waals surface area contributed by atoms with E-state index in [9.17, 15) is 14.3 Å². The Labute approximate surface area is 1860 Å². The molecule has 12 atom stereocenters. The monoisotopic (exact) mass is 5120 g/mol. The first kappa shape index (κ1) is 293. The SMILES string of the molecule is CC(C)CCCC(C)C1CC[C@H]2[C@@H]3CC=C4C[C@@H](n5nnc6c5C[C@@H]5[C@H](CC6)[C@@H]5COC(=O)NCCCCCCOP(C)(=O)O)CC[C@]4(C)[C@H]3CC[C@]12C.[Y].[Y].[Y].[Y].[Y].[Y].[Y].[Y].[Y].[Y].[Y].[Y].[Y].[Y].[Y].[Y].[Y].[Y].[Y].[Y].[Y].[Y].[Y].[Y].[Y].[Y].[Y].[Y].[Y].[Y].[Y].[Y].[Y].[Y].[Y].[Y].[Y].[Y].[Y].[Y].[Y].[Y].[Y].[Y].[Y].[Y].[Y].[Y].[Y]. The van der Waals surface area contributed by atoms with Gasteiger partial charge in [-0.15, -0.1) is 5.10 Å². The first-order valence-corrected chi connectivity index (χ1v) is 24.3. The van der Waals surface area contributed by atoms with Gasteiger partial charge in [0.15, 0.2) is 0 Å². The van der Waals surface area contributed by atoms with E-state index in [1.54, 1.807) is 5.57 Å². The molecule has 1 heterocycles. The van der Waals surface area contributed by atoms with E-state index in [0.29, 0.717) is 54.4 Å². The van der Waals surface area contributed by atoms with Crippen molar-refractivity contribution in [3.63, 3.8) is 0 Å². The normalized spacial score (nSPS) is 19.4. The Bertz CT molecular complexity index is 1640. The summed E-state index contributed by atoms with van der Waals surface area (Å²) in [6, 6.07) is 0.403. The fourth-order valence-corrected chi connectivity index (χ4v) is 13.6. The van der Waals surface area contributed by atoms with Crippen molar-refractivity contribution in [1.82, 2.24) is 20.3 Å².